The summed E-state index contributed by atoms with van der Waals surface area (Å²) in [5.74, 6) is 1.07. The third-order valence-electron chi connectivity index (χ3n) is 12.2. The summed E-state index contributed by atoms with van der Waals surface area (Å²) < 4.78 is 20.0. The molecule has 3 saturated carbocycles. The molecule has 0 aromatic heterocycles. The van der Waals surface area contributed by atoms with E-state index in [1.54, 1.807) is 0 Å². The highest BCUT2D eigenvalue weighted by Crippen LogP contribution is 2.84. The van der Waals surface area contributed by atoms with Crippen molar-refractivity contribution < 1.29 is 19.0 Å². The number of allylic oxidation sites excluding steroid dienone is 1. The van der Waals surface area contributed by atoms with Crippen LogP contribution in [0.15, 0.2) is 42.0 Å². The fourth-order valence-corrected chi connectivity index (χ4v) is 10.6. The van der Waals surface area contributed by atoms with Gasteiger partial charge < -0.3 is 19.1 Å². The molecule has 41 heavy (non-hydrogen) atoms. The van der Waals surface area contributed by atoms with Crippen LogP contribution in [-0.4, -0.2) is 49.5 Å². The van der Waals surface area contributed by atoms with Gasteiger partial charge in [0.1, 0.15) is 12.0 Å². The van der Waals surface area contributed by atoms with Crippen LogP contribution < -0.4 is 0 Å². The molecule has 2 heterocycles. The largest absolute Gasteiger partial charge is 0.460 e. The third-order valence-corrected chi connectivity index (χ3v) is 12.2. The van der Waals surface area contributed by atoms with Crippen molar-refractivity contribution in [1.29, 1.82) is 5.26 Å². The Balaban J connectivity index is 1.31. The molecular weight excluding hydrogens is 512 g/mol. The maximum Gasteiger partial charge on any atom is 0.319 e. The minimum atomic E-state index is -1.06. The second-order valence-electron chi connectivity index (χ2n) is 14.3. The average Bonchev–Trinajstić information content (AvgIpc) is 3.72. The van der Waals surface area contributed by atoms with E-state index in [0.29, 0.717) is 24.9 Å². The lowest BCUT2D eigenvalue weighted by Crippen LogP contribution is -2.65. The van der Waals surface area contributed by atoms with Gasteiger partial charge in [-0.3, -0.25) is 4.79 Å². The van der Waals surface area contributed by atoms with Crippen LogP contribution in [-0.2, 0) is 25.6 Å². The summed E-state index contributed by atoms with van der Waals surface area (Å²) in [5, 5.41) is 11.3. The summed E-state index contributed by atoms with van der Waals surface area (Å²) in [6.07, 6.45) is 9.31. The van der Waals surface area contributed by atoms with Crippen LogP contribution in [0.4, 0.5) is 0 Å². The van der Waals surface area contributed by atoms with Crippen LogP contribution in [0.25, 0.3) is 0 Å². The Bertz CT molecular complexity index is 1230. The van der Waals surface area contributed by atoms with Gasteiger partial charge in [0, 0.05) is 12.0 Å². The minimum Gasteiger partial charge on any atom is -0.460 e. The average molecular weight is 559 g/mol. The van der Waals surface area contributed by atoms with E-state index in [2.05, 4.69) is 37.8 Å². The summed E-state index contributed by atoms with van der Waals surface area (Å²) >= 11 is 0. The van der Waals surface area contributed by atoms with Crippen molar-refractivity contribution in [1.82, 2.24) is 4.90 Å². The molecular formula is C35H46N2O4. The maximum absolute atomic E-state index is 15.0. The van der Waals surface area contributed by atoms with Crippen molar-refractivity contribution in [3.05, 3.63) is 47.5 Å². The summed E-state index contributed by atoms with van der Waals surface area (Å²) in [7, 11) is 0. The Kier molecular flexibility index (Phi) is 6.88. The molecule has 1 aromatic rings. The Morgan fingerprint density at radius 1 is 1.15 bits per heavy atom. The molecule has 9 atom stereocenters. The lowest BCUT2D eigenvalue weighted by atomic mass is 9.42. The topological polar surface area (TPSA) is 71.8 Å². The van der Waals surface area contributed by atoms with Gasteiger partial charge in [-0.2, -0.15) is 5.26 Å². The van der Waals surface area contributed by atoms with Crippen molar-refractivity contribution in [3.8, 4) is 6.07 Å². The molecule has 6 aliphatic rings. The first-order valence-corrected chi connectivity index (χ1v) is 16.2. The van der Waals surface area contributed by atoms with Crippen LogP contribution >= 0.6 is 0 Å². The van der Waals surface area contributed by atoms with Crippen LogP contribution in [0, 0.1) is 57.2 Å². The number of benzene rings is 1. The van der Waals surface area contributed by atoms with Crippen molar-refractivity contribution in [2.24, 2.45) is 45.8 Å². The van der Waals surface area contributed by atoms with Gasteiger partial charge in [-0.25, -0.2) is 0 Å². The second-order valence-corrected chi connectivity index (χ2v) is 14.3. The second kappa shape index (κ2) is 10.2. The molecule has 0 radical (unpaired) electrons. The van der Waals surface area contributed by atoms with Crippen LogP contribution in [0.1, 0.15) is 71.3 Å². The molecule has 5 fully saturated rings. The molecule has 4 aliphatic carbocycles. The number of carbonyl (C=O) groups is 1. The van der Waals surface area contributed by atoms with E-state index in [1.807, 2.05) is 30.3 Å². The molecule has 220 valence electrons. The van der Waals surface area contributed by atoms with Crippen molar-refractivity contribution in [2.45, 2.75) is 84.7 Å². The summed E-state index contributed by atoms with van der Waals surface area (Å²) in [5.41, 5.74) is -0.416. The summed E-state index contributed by atoms with van der Waals surface area (Å²) in [6.45, 7) is 10.6. The molecule has 1 aromatic carbocycles. The highest BCUT2D eigenvalue weighted by Gasteiger charge is 2.87. The molecule has 4 bridgehead atoms. The Hall–Kier alpha value is -2.20. The zero-order valence-electron chi connectivity index (χ0n) is 25.0. The quantitative estimate of drug-likeness (QED) is 0.297. The molecule has 6 heteroatoms. The summed E-state index contributed by atoms with van der Waals surface area (Å²) in [4.78, 5) is 17.5. The van der Waals surface area contributed by atoms with Crippen LogP contribution in [0.3, 0.4) is 0 Å². The van der Waals surface area contributed by atoms with Crippen molar-refractivity contribution in [2.75, 3.05) is 26.2 Å². The first kappa shape index (κ1) is 27.6. The van der Waals surface area contributed by atoms with Gasteiger partial charge in [-0.05, 0) is 80.3 Å². The van der Waals surface area contributed by atoms with Crippen LogP contribution in [0.2, 0.25) is 0 Å². The number of rotatable bonds is 7. The van der Waals surface area contributed by atoms with E-state index in [0.717, 1.165) is 50.0 Å². The van der Waals surface area contributed by atoms with Gasteiger partial charge >= 0.3 is 5.97 Å². The number of nitriles is 1. The number of hydrogen-bond acceptors (Lipinski definition) is 6. The van der Waals surface area contributed by atoms with Gasteiger partial charge in [0.05, 0.1) is 24.2 Å². The normalized spacial score (nSPS) is 43.1. The zero-order valence-corrected chi connectivity index (χ0v) is 25.0. The number of hydrogen-bond donors (Lipinski definition) is 0. The Morgan fingerprint density at radius 3 is 2.66 bits per heavy atom. The van der Waals surface area contributed by atoms with E-state index >= 15 is 0 Å². The predicted molar refractivity (Wildman–Crippen MR) is 155 cm³/mol. The standard InChI is InChI=1S/C35H46N2O4/c1-23(2)30-16-26-17-33(22-36)29-13-12-24(3)28(29)18-34(26,32-40-21-27(41-32)19-37-14-8-5-9-15-37)35(30,33)31(38)39-20-25-10-6-4-7-11-25/h4,6-7,10-11,16,23-24,26-29,32H,5,8-9,12-15,17-21H2,1-3H3/t24-,26?,27?,28-,29-,32?,33?,34?,35?/m1/s1. The molecule has 2 aliphatic heterocycles. The maximum atomic E-state index is 15.0. The smallest absolute Gasteiger partial charge is 0.319 e. The summed E-state index contributed by atoms with van der Waals surface area (Å²) in [6, 6.07) is 12.8. The Labute approximate surface area is 245 Å². The molecule has 2 saturated heterocycles. The van der Waals surface area contributed by atoms with Crippen molar-refractivity contribution in [3.63, 3.8) is 0 Å². The molecule has 7 rings (SSSR count). The van der Waals surface area contributed by atoms with E-state index in [-0.39, 0.29) is 36.4 Å². The van der Waals surface area contributed by atoms with Gasteiger partial charge in [0.15, 0.2) is 6.29 Å². The predicted octanol–water partition coefficient (Wildman–Crippen LogP) is 6.12. The highest BCUT2D eigenvalue weighted by molar-refractivity contribution is 5.87. The number of piperidine rings is 1. The lowest BCUT2D eigenvalue weighted by molar-refractivity contribution is -0.232. The van der Waals surface area contributed by atoms with Crippen molar-refractivity contribution >= 4 is 5.97 Å². The van der Waals surface area contributed by atoms with E-state index in [4.69, 9.17) is 14.2 Å². The van der Waals surface area contributed by atoms with E-state index in [1.165, 1.54) is 19.3 Å². The monoisotopic (exact) mass is 558 g/mol. The number of esters is 1. The van der Waals surface area contributed by atoms with Crippen LogP contribution in [0.5, 0.6) is 0 Å². The highest BCUT2D eigenvalue weighted by atomic mass is 16.7. The number of fused-ring (bicyclic) bond motifs is 2. The number of nitrogens with zero attached hydrogens (tertiary/aromatic N) is 2. The van der Waals surface area contributed by atoms with Gasteiger partial charge in [0.2, 0.25) is 0 Å². The number of carbonyl (C=O) groups excluding carboxylic acids is 1. The van der Waals surface area contributed by atoms with E-state index in [9.17, 15) is 10.1 Å². The fourth-order valence-electron chi connectivity index (χ4n) is 10.6. The number of likely N-dealkylation sites (tertiary alicyclic amines) is 1. The van der Waals surface area contributed by atoms with Gasteiger partial charge in [0.25, 0.3) is 0 Å². The first-order chi connectivity index (χ1) is 19.9. The first-order valence-electron chi connectivity index (χ1n) is 16.2. The molecule has 0 spiro atoms. The zero-order chi connectivity index (χ0) is 28.4. The fraction of sp³-hybridized carbons (Fsp3) is 0.714. The molecule has 6 unspecified atom stereocenters. The Morgan fingerprint density at radius 2 is 1.93 bits per heavy atom. The van der Waals surface area contributed by atoms with Gasteiger partial charge in [-0.1, -0.05) is 75.6 Å². The third kappa shape index (κ3) is 3.74. The molecule has 6 nitrogen and oxygen atoms in total. The molecule has 0 amide bonds. The molecule has 0 N–H and O–H groups in total. The number of ether oxygens (including phenoxy) is 3. The minimum absolute atomic E-state index is 0.0115. The van der Waals surface area contributed by atoms with E-state index < -0.39 is 22.5 Å². The SMILES string of the molecule is CC(C)C1=CC2CC3(C#N)[C@@H]4CC[C@@H](C)[C@H]4CC2(C2OCC(CN4CCCCC4)O2)C13C(=O)OCc1ccccc1. The lowest BCUT2D eigenvalue weighted by Gasteiger charge is -2.59. The van der Waals surface area contributed by atoms with Gasteiger partial charge in [-0.15, -0.1) is 0 Å².